The van der Waals surface area contributed by atoms with Crippen molar-refractivity contribution in [3.05, 3.63) is 64.8 Å². The molecule has 100 valence electrons. The first-order valence-electron chi connectivity index (χ1n) is 5.83. The Morgan fingerprint density at radius 3 is 2.80 bits per heavy atom. The highest BCUT2D eigenvalue weighted by Crippen LogP contribution is 2.21. The molecule has 2 heterocycles. The summed E-state index contributed by atoms with van der Waals surface area (Å²) in [6.07, 6.45) is 2.77. The van der Waals surface area contributed by atoms with Crippen LogP contribution in [0.3, 0.4) is 0 Å². The zero-order chi connectivity index (χ0) is 14.1. The number of carbonyl (C=O) groups is 1. The van der Waals surface area contributed by atoms with Crippen LogP contribution in [-0.4, -0.2) is 15.3 Å². The van der Waals surface area contributed by atoms with Gasteiger partial charge in [0.1, 0.15) is 17.2 Å². The fourth-order valence-corrected chi connectivity index (χ4v) is 2.21. The van der Waals surface area contributed by atoms with Gasteiger partial charge in [-0.15, -0.1) is 0 Å². The Hall–Kier alpha value is -2.21. The molecule has 0 aliphatic carbocycles. The van der Waals surface area contributed by atoms with Crippen LogP contribution in [0.4, 0.5) is 10.1 Å². The number of hydrogen-bond acceptors (Lipinski definition) is 2. The van der Waals surface area contributed by atoms with Gasteiger partial charge in [0.05, 0.1) is 5.69 Å². The van der Waals surface area contributed by atoms with Crippen molar-refractivity contribution in [2.24, 2.45) is 0 Å². The predicted octanol–water partition coefficient (Wildman–Crippen LogP) is 3.49. The number of imidazole rings is 1. The molecule has 0 radical (unpaired) electrons. The van der Waals surface area contributed by atoms with E-state index in [0.717, 1.165) is 4.47 Å². The van der Waals surface area contributed by atoms with Crippen LogP contribution in [0.2, 0.25) is 0 Å². The summed E-state index contributed by atoms with van der Waals surface area (Å²) >= 11 is 3.35. The molecule has 0 bridgehead atoms. The van der Waals surface area contributed by atoms with Crippen LogP contribution in [0.1, 0.15) is 10.5 Å². The largest absolute Gasteiger partial charge is 0.320 e. The number of pyridine rings is 1. The standard InChI is InChI=1S/C14H9BrFN3O/c15-10-3-1-2-4-11(10)18-14(20)12-8-19-7-9(16)5-6-13(19)17-12/h1-8H,(H,18,20). The first kappa shape index (κ1) is 12.8. The normalized spacial score (nSPS) is 10.7. The van der Waals surface area contributed by atoms with E-state index < -0.39 is 0 Å². The van der Waals surface area contributed by atoms with E-state index >= 15 is 0 Å². The summed E-state index contributed by atoms with van der Waals surface area (Å²) in [6, 6.07) is 10.1. The van der Waals surface area contributed by atoms with Crippen molar-refractivity contribution in [3.63, 3.8) is 0 Å². The number of para-hydroxylation sites is 1. The summed E-state index contributed by atoms with van der Waals surface area (Å²) in [7, 11) is 0. The van der Waals surface area contributed by atoms with Crippen molar-refractivity contribution >= 4 is 33.2 Å². The Bertz CT molecular complexity index is 800. The second-order valence-electron chi connectivity index (χ2n) is 4.17. The Morgan fingerprint density at radius 2 is 2.00 bits per heavy atom. The van der Waals surface area contributed by atoms with Crippen LogP contribution in [0.15, 0.2) is 53.3 Å². The van der Waals surface area contributed by atoms with Crippen molar-refractivity contribution in [1.82, 2.24) is 9.38 Å². The van der Waals surface area contributed by atoms with E-state index in [-0.39, 0.29) is 17.4 Å². The SMILES string of the molecule is O=C(Nc1ccccc1Br)c1cn2cc(F)ccc2n1. The molecule has 3 aromatic rings. The Balaban J connectivity index is 1.91. The third kappa shape index (κ3) is 2.42. The number of nitrogens with zero attached hydrogens (tertiary/aromatic N) is 2. The molecule has 2 aromatic heterocycles. The van der Waals surface area contributed by atoms with E-state index in [9.17, 15) is 9.18 Å². The molecular formula is C14H9BrFN3O. The molecule has 20 heavy (non-hydrogen) atoms. The van der Waals surface area contributed by atoms with Crippen molar-refractivity contribution in [3.8, 4) is 0 Å². The summed E-state index contributed by atoms with van der Waals surface area (Å²) in [5.74, 6) is -0.728. The maximum Gasteiger partial charge on any atom is 0.275 e. The molecule has 0 saturated heterocycles. The lowest BCUT2D eigenvalue weighted by Gasteiger charge is -2.04. The molecule has 0 atom stereocenters. The van der Waals surface area contributed by atoms with Crippen LogP contribution in [0.5, 0.6) is 0 Å². The van der Waals surface area contributed by atoms with E-state index in [1.165, 1.54) is 28.9 Å². The van der Waals surface area contributed by atoms with Crippen molar-refractivity contribution in [2.45, 2.75) is 0 Å². The molecule has 0 saturated carbocycles. The second-order valence-corrected chi connectivity index (χ2v) is 5.03. The van der Waals surface area contributed by atoms with Crippen LogP contribution in [0.25, 0.3) is 5.65 Å². The smallest absolute Gasteiger partial charge is 0.275 e. The van der Waals surface area contributed by atoms with Gasteiger partial charge < -0.3 is 9.72 Å². The van der Waals surface area contributed by atoms with Crippen LogP contribution in [-0.2, 0) is 0 Å². The summed E-state index contributed by atoms with van der Waals surface area (Å²) < 4.78 is 15.3. The number of benzene rings is 1. The number of halogens is 2. The van der Waals surface area contributed by atoms with E-state index in [1.807, 2.05) is 18.2 Å². The highest BCUT2D eigenvalue weighted by atomic mass is 79.9. The van der Waals surface area contributed by atoms with Gasteiger partial charge in [-0.3, -0.25) is 4.79 Å². The molecule has 3 rings (SSSR count). The zero-order valence-electron chi connectivity index (χ0n) is 10.2. The van der Waals surface area contributed by atoms with Crippen molar-refractivity contribution < 1.29 is 9.18 Å². The average molecular weight is 334 g/mol. The third-order valence-corrected chi connectivity index (χ3v) is 3.46. The molecule has 6 heteroatoms. The summed E-state index contributed by atoms with van der Waals surface area (Å²) in [5, 5.41) is 2.75. The van der Waals surface area contributed by atoms with Gasteiger partial charge in [-0.1, -0.05) is 12.1 Å². The fourth-order valence-electron chi connectivity index (χ4n) is 1.82. The predicted molar refractivity (Wildman–Crippen MR) is 77.2 cm³/mol. The van der Waals surface area contributed by atoms with Gasteiger partial charge in [0, 0.05) is 16.9 Å². The highest BCUT2D eigenvalue weighted by molar-refractivity contribution is 9.10. The van der Waals surface area contributed by atoms with Crippen molar-refractivity contribution in [1.29, 1.82) is 0 Å². The molecule has 0 aliphatic rings. The van der Waals surface area contributed by atoms with Gasteiger partial charge >= 0.3 is 0 Å². The number of fused-ring (bicyclic) bond motifs is 1. The average Bonchev–Trinajstić information content (AvgIpc) is 2.84. The minimum atomic E-state index is -0.382. The van der Waals surface area contributed by atoms with E-state index in [2.05, 4.69) is 26.2 Å². The van der Waals surface area contributed by atoms with Crippen LogP contribution >= 0.6 is 15.9 Å². The molecule has 0 spiro atoms. The van der Waals surface area contributed by atoms with E-state index in [4.69, 9.17) is 0 Å². The molecule has 1 N–H and O–H groups in total. The van der Waals surface area contributed by atoms with E-state index in [0.29, 0.717) is 11.3 Å². The number of rotatable bonds is 2. The molecule has 4 nitrogen and oxygen atoms in total. The number of nitrogens with one attached hydrogen (secondary N) is 1. The highest BCUT2D eigenvalue weighted by Gasteiger charge is 2.12. The van der Waals surface area contributed by atoms with Crippen LogP contribution < -0.4 is 5.32 Å². The van der Waals surface area contributed by atoms with Gasteiger partial charge in [0.2, 0.25) is 0 Å². The van der Waals surface area contributed by atoms with Gasteiger partial charge in [0.25, 0.3) is 5.91 Å². The minimum absolute atomic E-state index is 0.228. The quantitative estimate of drug-likeness (QED) is 0.780. The summed E-state index contributed by atoms with van der Waals surface area (Å²) in [4.78, 5) is 16.3. The molecule has 0 unspecified atom stereocenters. The summed E-state index contributed by atoms with van der Waals surface area (Å²) in [5.41, 5.74) is 1.40. The lowest BCUT2D eigenvalue weighted by molar-refractivity contribution is 0.102. The Morgan fingerprint density at radius 1 is 1.20 bits per heavy atom. The first-order chi connectivity index (χ1) is 9.63. The van der Waals surface area contributed by atoms with Gasteiger partial charge in [-0.25, -0.2) is 9.37 Å². The molecule has 1 amide bonds. The number of carbonyl (C=O) groups excluding carboxylic acids is 1. The summed E-state index contributed by atoms with van der Waals surface area (Å²) in [6.45, 7) is 0. The van der Waals surface area contributed by atoms with Crippen molar-refractivity contribution in [2.75, 3.05) is 5.32 Å². The Labute approximate surface area is 122 Å². The number of amides is 1. The number of hydrogen-bond donors (Lipinski definition) is 1. The number of aromatic nitrogens is 2. The minimum Gasteiger partial charge on any atom is -0.320 e. The van der Waals surface area contributed by atoms with Gasteiger partial charge in [-0.2, -0.15) is 0 Å². The molecule has 0 fully saturated rings. The molecular weight excluding hydrogens is 325 g/mol. The topological polar surface area (TPSA) is 46.4 Å². The van der Waals surface area contributed by atoms with E-state index in [1.54, 1.807) is 6.07 Å². The Kier molecular flexibility index (Phi) is 3.23. The molecule has 0 aliphatic heterocycles. The van der Waals surface area contributed by atoms with Gasteiger partial charge in [0.15, 0.2) is 0 Å². The zero-order valence-corrected chi connectivity index (χ0v) is 11.8. The maximum atomic E-state index is 13.1. The fraction of sp³-hybridized carbons (Fsp3) is 0. The lowest BCUT2D eigenvalue weighted by atomic mass is 10.3. The molecule has 1 aromatic carbocycles. The monoisotopic (exact) mass is 333 g/mol. The van der Waals surface area contributed by atoms with Gasteiger partial charge in [-0.05, 0) is 40.2 Å². The second kappa shape index (κ2) is 5.05. The van der Waals surface area contributed by atoms with Crippen LogP contribution in [0, 0.1) is 5.82 Å². The first-order valence-corrected chi connectivity index (χ1v) is 6.63. The number of anilines is 1. The third-order valence-electron chi connectivity index (χ3n) is 2.77. The maximum absolute atomic E-state index is 13.1. The lowest BCUT2D eigenvalue weighted by Crippen LogP contribution is -2.12.